The Kier molecular flexibility index (Phi) is 2.62. The van der Waals surface area contributed by atoms with Crippen molar-refractivity contribution in [2.45, 2.75) is 12.3 Å². The fraction of sp³-hybridized carbons (Fsp3) is 0.231. The Labute approximate surface area is 104 Å². The lowest BCUT2D eigenvalue weighted by Crippen LogP contribution is -2.20. The van der Waals surface area contributed by atoms with E-state index in [4.69, 9.17) is 11.6 Å². The van der Waals surface area contributed by atoms with Gasteiger partial charge in [0.25, 0.3) is 0 Å². The molecule has 3 rings (SSSR count). The van der Waals surface area contributed by atoms with E-state index in [0.717, 1.165) is 18.0 Å². The minimum atomic E-state index is 0.589. The molecule has 1 aliphatic rings. The van der Waals surface area contributed by atoms with Crippen LogP contribution in [0.4, 0.5) is 5.69 Å². The monoisotopic (exact) mass is 249 g/mol. The molecule has 82 valence electrons. The van der Waals surface area contributed by atoms with E-state index in [1.54, 1.807) is 0 Å². The van der Waals surface area contributed by atoms with Gasteiger partial charge in [0.15, 0.2) is 0 Å². The number of halogens is 1. The third-order valence-electron chi connectivity index (χ3n) is 3.02. The SMILES string of the molecule is Clc1ccc2c(c1)CC(c1cccs1)CN2. The molecule has 0 spiro atoms. The lowest BCUT2D eigenvalue weighted by molar-refractivity contribution is 0.707. The van der Waals surface area contributed by atoms with Gasteiger partial charge in [-0.15, -0.1) is 11.3 Å². The molecule has 1 aromatic carbocycles. The molecular weight excluding hydrogens is 238 g/mol. The Morgan fingerprint density at radius 1 is 1.31 bits per heavy atom. The van der Waals surface area contributed by atoms with E-state index in [-0.39, 0.29) is 0 Å². The van der Waals surface area contributed by atoms with Crippen molar-refractivity contribution >= 4 is 28.6 Å². The minimum absolute atomic E-state index is 0.589. The van der Waals surface area contributed by atoms with Crippen LogP contribution in [-0.2, 0) is 6.42 Å². The van der Waals surface area contributed by atoms with Crippen molar-refractivity contribution < 1.29 is 0 Å². The van der Waals surface area contributed by atoms with Crippen LogP contribution in [0.2, 0.25) is 5.02 Å². The molecule has 2 heterocycles. The van der Waals surface area contributed by atoms with Crippen LogP contribution in [0.3, 0.4) is 0 Å². The maximum Gasteiger partial charge on any atom is 0.0410 e. The predicted octanol–water partition coefficient (Wildman–Crippen LogP) is 4.15. The zero-order valence-corrected chi connectivity index (χ0v) is 10.3. The molecular formula is C13H12ClNS. The van der Waals surface area contributed by atoms with Crippen molar-refractivity contribution in [1.82, 2.24) is 0 Å². The molecule has 0 amide bonds. The van der Waals surface area contributed by atoms with Gasteiger partial charge in [0.2, 0.25) is 0 Å². The molecule has 1 unspecified atom stereocenters. The average molecular weight is 250 g/mol. The Balaban J connectivity index is 1.91. The Hall–Kier alpha value is -0.990. The van der Waals surface area contributed by atoms with E-state index in [9.17, 15) is 0 Å². The van der Waals surface area contributed by atoms with Gasteiger partial charge in [-0.1, -0.05) is 17.7 Å². The molecule has 2 aromatic rings. The minimum Gasteiger partial charge on any atom is -0.384 e. The smallest absolute Gasteiger partial charge is 0.0410 e. The Bertz CT molecular complexity index is 493. The number of rotatable bonds is 1. The summed E-state index contributed by atoms with van der Waals surface area (Å²) in [6, 6.07) is 10.4. The van der Waals surface area contributed by atoms with Crippen LogP contribution in [0.25, 0.3) is 0 Å². The van der Waals surface area contributed by atoms with Crippen LogP contribution in [-0.4, -0.2) is 6.54 Å². The largest absolute Gasteiger partial charge is 0.384 e. The molecule has 1 nitrogen and oxygen atoms in total. The zero-order valence-electron chi connectivity index (χ0n) is 8.74. The van der Waals surface area contributed by atoms with Gasteiger partial charge in [-0.2, -0.15) is 0 Å². The summed E-state index contributed by atoms with van der Waals surface area (Å²) < 4.78 is 0. The second kappa shape index (κ2) is 4.11. The first kappa shape index (κ1) is 10.2. The number of hydrogen-bond donors (Lipinski definition) is 1. The highest BCUT2D eigenvalue weighted by Gasteiger charge is 2.20. The van der Waals surface area contributed by atoms with Crippen LogP contribution in [0.1, 0.15) is 16.4 Å². The second-order valence-electron chi connectivity index (χ2n) is 4.10. The van der Waals surface area contributed by atoms with Crippen molar-refractivity contribution in [2.75, 3.05) is 11.9 Å². The Morgan fingerprint density at radius 2 is 2.25 bits per heavy atom. The van der Waals surface area contributed by atoms with Gasteiger partial charge < -0.3 is 5.32 Å². The summed E-state index contributed by atoms with van der Waals surface area (Å²) in [6.45, 7) is 1.02. The zero-order chi connectivity index (χ0) is 11.0. The highest BCUT2D eigenvalue weighted by Crippen LogP contribution is 2.33. The molecule has 1 atom stereocenters. The van der Waals surface area contributed by atoms with Crippen LogP contribution >= 0.6 is 22.9 Å². The molecule has 1 aliphatic heterocycles. The summed E-state index contributed by atoms with van der Waals surface area (Å²) >= 11 is 7.86. The highest BCUT2D eigenvalue weighted by atomic mass is 35.5. The van der Waals surface area contributed by atoms with Crippen molar-refractivity contribution in [3.63, 3.8) is 0 Å². The van der Waals surface area contributed by atoms with Crippen LogP contribution in [0.5, 0.6) is 0 Å². The number of fused-ring (bicyclic) bond motifs is 1. The molecule has 0 radical (unpaired) electrons. The summed E-state index contributed by atoms with van der Waals surface area (Å²) in [4.78, 5) is 1.46. The van der Waals surface area contributed by atoms with Crippen LogP contribution < -0.4 is 5.32 Å². The summed E-state index contributed by atoms with van der Waals surface area (Å²) in [5.74, 6) is 0.589. The first-order valence-electron chi connectivity index (χ1n) is 5.38. The molecule has 0 bridgehead atoms. The van der Waals surface area contributed by atoms with Crippen molar-refractivity contribution in [1.29, 1.82) is 0 Å². The van der Waals surface area contributed by atoms with E-state index in [0.29, 0.717) is 5.92 Å². The lowest BCUT2D eigenvalue weighted by Gasteiger charge is -2.25. The molecule has 1 aromatic heterocycles. The number of nitrogens with one attached hydrogen (secondary N) is 1. The van der Waals surface area contributed by atoms with Crippen molar-refractivity contribution in [3.05, 3.63) is 51.2 Å². The second-order valence-corrected chi connectivity index (χ2v) is 5.51. The van der Waals surface area contributed by atoms with Gasteiger partial charge in [0.05, 0.1) is 0 Å². The van der Waals surface area contributed by atoms with Gasteiger partial charge in [0.1, 0.15) is 0 Å². The maximum atomic E-state index is 6.02. The molecule has 16 heavy (non-hydrogen) atoms. The topological polar surface area (TPSA) is 12.0 Å². The van der Waals surface area contributed by atoms with E-state index < -0.39 is 0 Å². The van der Waals surface area contributed by atoms with Gasteiger partial charge >= 0.3 is 0 Å². The summed E-state index contributed by atoms with van der Waals surface area (Å²) in [5, 5.41) is 6.44. The van der Waals surface area contributed by atoms with Crippen LogP contribution in [0, 0.1) is 0 Å². The predicted molar refractivity (Wildman–Crippen MR) is 70.7 cm³/mol. The van der Waals surface area contributed by atoms with Gasteiger partial charge in [-0.05, 0) is 41.6 Å². The molecule has 3 heteroatoms. The molecule has 0 saturated heterocycles. The van der Waals surface area contributed by atoms with Gasteiger partial charge in [-0.3, -0.25) is 0 Å². The van der Waals surface area contributed by atoms with E-state index >= 15 is 0 Å². The van der Waals surface area contributed by atoms with Crippen molar-refractivity contribution in [2.24, 2.45) is 0 Å². The molecule has 0 fully saturated rings. The first-order valence-corrected chi connectivity index (χ1v) is 6.64. The fourth-order valence-corrected chi connectivity index (χ4v) is 3.22. The maximum absolute atomic E-state index is 6.02. The third-order valence-corrected chi connectivity index (χ3v) is 4.29. The van der Waals surface area contributed by atoms with Crippen molar-refractivity contribution in [3.8, 4) is 0 Å². The summed E-state index contributed by atoms with van der Waals surface area (Å²) in [7, 11) is 0. The van der Waals surface area contributed by atoms with Crippen LogP contribution in [0.15, 0.2) is 35.7 Å². The first-order chi connectivity index (χ1) is 7.83. The number of benzene rings is 1. The number of anilines is 1. The standard InChI is InChI=1S/C13H12ClNS/c14-11-3-4-12-9(7-11)6-10(8-15-12)13-2-1-5-16-13/h1-5,7,10,15H,6,8H2. The molecule has 0 aliphatic carbocycles. The quantitative estimate of drug-likeness (QED) is 0.801. The fourth-order valence-electron chi connectivity index (χ4n) is 2.20. The Morgan fingerprint density at radius 3 is 3.06 bits per heavy atom. The summed E-state index contributed by atoms with van der Waals surface area (Å²) in [6.07, 6.45) is 1.09. The molecule has 0 saturated carbocycles. The van der Waals surface area contributed by atoms with E-state index in [2.05, 4.69) is 35.0 Å². The highest BCUT2D eigenvalue weighted by molar-refractivity contribution is 7.10. The number of thiophene rings is 1. The molecule has 1 N–H and O–H groups in total. The number of hydrogen-bond acceptors (Lipinski definition) is 2. The van der Waals surface area contributed by atoms with E-state index in [1.165, 1.54) is 16.1 Å². The van der Waals surface area contributed by atoms with E-state index in [1.807, 2.05) is 17.4 Å². The van der Waals surface area contributed by atoms with Gasteiger partial charge in [0, 0.05) is 28.0 Å². The third kappa shape index (κ3) is 1.83. The normalized spacial score (nSPS) is 18.9. The average Bonchev–Trinajstić information content (AvgIpc) is 2.81. The lowest BCUT2D eigenvalue weighted by atomic mass is 9.93. The van der Waals surface area contributed by atoms with Gasteiger partial charge in [-0.25, -0.2) is 0 Å². The summed E-state index contributed by atoms with van der Waals surface area (Å²) in [5.41, 5.74) is 2.56.